The number of nitrogens with two attached hydrogens (primary N) is 1. The molecule has 1 aliphatic rings. The van der Waals surface area contributed by atoms with E-state index in [4.69, 9.17) is 10.9 Å². The zero-order valence-electron chi connectivity index (χ0n) is 11.5. The molecule has 1 aromatic rings. The maximum absolute atomic E-state index is 12.7. The second kappa shape index (κ2) is 6.97. The minimum atomic E-state index is -0.287. The number of amides is 1. The van der Waals surface area contributed by atoms with E-state index in [0.717, 1.165) is 29.3 Å². The lowest BCUT2D eigenvalue weighted by Crippen LogP contribution is -2.44. The van der Waals surface area contributed by atoms with Gasteiger partial charge in [0, 0.05) is 9.61 Å². The van der Waals surface area contributed by atoms with E-state index in [0.29, 0.717) is 0 Å². The first-order valence-corrected chi connectivity index (χ1v) is 7.86. The maximum Gasteiger partial charge on any atom is 0.258 e. The Morgan fingerprint density at radius 3 is 2.71 bits per heavy atom. The third-order valence-electron chi connectivity index (χ3n) is 3.68. The van der Waals surface area contributed by atoms with Gasteiger partial charge in [-0.15, -0.1) is 0 Å². The second-order valence-electron chi connectivity index (χ2n) is 5.12. The summed E-state index contributed by atoms with van der Waals surface area (Å²) in [5.74, 6) is -0.354. The Balaban J connectivity index is 2.30. The highest BCUT2D eigenvalue weighted by Crippen LogP contribution is 2.27. The summed E-state index contributed by atoms with van der Waals surface area (Å²) >= 11 is 2.09. The fraction of sp³-hybridized carbons (Fsp3) is 0.429. The van der Waals surface area contributed by atoms with E-state index in [2.05, 4.69) is 27.7 Å². The summed E-state index contributed by atoms with van der Waals surface area (Å²) in [7, 11) is 0. The summed E-state index contributed by atoms with van der Waals surface area (Å²) in [5.41, 5.74) is 5.82. The summed E-state index contributed by atoms with van der Waals surface area (Å²) in [6, 6.07) is 4.95. The molecule has 1 amide bonds. The number of hydrogen-bond donors (Lipinski definition) is 3. The van der Waals surface area contributed by atoms with E-state index in [-0.39, 0.29) is 35.6 Å². The molecule has 1 aliphatic carbocycles. The van der Waals surface area contributed by atoms with Crippen molar-refractivity contribution in [1.29, 1.82) is 0 Å². The molecule has 7 heteroatoms. The number of rotatable bonds is 4. The first-order valence-electron chi connectivity index (χ1n) is 6.79. The van der Waals surface area contributed by atoms with Gasteiger partial charge in [-0.3, -0.25) is 4.79 Å². The topological polar surface area (TPSA) is 99.2 Å². The van der Waals surface area contributed by atoms with Crippen molar-refractivity contribution in [3.63, 3.8) is 0 Å². The molecule has 0 aromatic heterocycles. The first-order chi connectivity index (χ1) is 10.0. The lowest BCUT2D eigenvalue weighted by atomic mass is 10.1. The van der Waals surface area contributed by atoms with Gasteiger partial charge in [-0.1, -0.05) is 18.0 Å². The fourth-order valence-electron chi connectivity index (χ4n) is 2.62. The van der Waals surface area contributed by atoms with Crippen LogP contribution in [0, 0.1) is 3.57 Å². The van der Waals surface area contributed by atoms with Crippen LogP contribution in [-0.4, -0.2) is 39.5 Å². The zero-order chi connectivity index (χ0) is 15.4. The summed E-state index contributed by atoms with van der Waals surface area (Å²) in [4.78, 5) is 14.3. The van der Waals surface area contributed by atoms with Crippen LogP contribution >= 0.6 is 22.6 Å². The van der Waals surface area contributed by atoms with Gasteiger partial charge in [-0.2, -0.15) is 0 Å². The monoisotopic (exact) mass is 403 g/mol. The van der Waals surface area contributed by atoms with Crippen molar-refractivity contribution in [3.8, 4) is 5.75 Å². The van der Waals surface area contributed by atoms with E-state index in [9.17, 15) is 9.90 Å². The quantitative estimate of drug-likeness (QED) is 0.236. The van der Waals surface area contributed by atoms with E-state index >= 15 is 0 Å². The Labute approximate surface area is 136 Å². The lowest BCUT2D eigenvalue weighted by Gasteiger charge is -2.28. The Hall–Kier alpha value is -1.51. The van der Waals surface area contributed by atoms with Gasteiger partial charge in [0.2, 0.25) is 0 Å². The number of nitrogens with zero attached hydrogens (tertiary/aromatic N) is 2. The van der Waals surface area contributed by atoms with Crippen molar-refractivity contribution >= 4 is 34.3 Å². The Kier molecular flexibility index (Phi) is 5.27. The van der Waals surface area contributed by atoms with Gasteiger partial charge < -0.3 is 20.9 Å². The fourth-order valence-corrected chi connectivity index (χ4v) is 3.11. The number of carbonyl (C=O) groups is 1. The number of halogens is 1. The van der Waals surface area contributed by atoms with Crippen molar-refractivity contribution in [2.75, 3.05) is 6.54 Å². The number of amidine groups is 1. The molecule has 114 valence electrons. The highest BCUT2D eigenvalue weighted by Gasteiger charge is 2.29. The molecule has 0 spiro atoms. The number of carbonyl (C=O) groups excluding carboxylic acids is 1. The SMILES string of the molecule is N/C(CN(C(=O)c1cc(I)ccc1O)C1CCCC1)=N/O. The number of hydrogen-bond acceptors (Lipinski definition) is 4. The third-order valence-corrected chi connectivity index (χ3v) is 4.35. The molecule has 1 fully saturated rings. The molecule has 1 aromatic carbocycles. The van der Waals surface area contributed by atoms with Gasteiger partial charge in [0.25, 0.3) is 5.91 Å². The maximum atomic E-state index is 12.7. The van der Waals surface area contributed by atoms with Crippen molar-refractivity contribution < 1.29 is 15.1 Å². The Morgan fingerprint density at radius 2 is 2.10 bits per heavy atom. The van der Waals surface area contributed by atoms with Crippen molar-refractivity contribution in [3.05, 3.63) is 27.3 Å². The molecule has 0 unspecified atom stereocenters. The molecule has 2 rings (SSSR count). The molecule has 6 nitrogen and oxygen atoms in total. The standard InChI is InChI=1S/C14H18IN3O3/c15-9-5-6-12(19)11(7-9)14(20)18(8-13(16)17-21)10-3-1-2-4-10/h5-7,10,19,21H,1-4,8H2,(H2,16,17). The van der Waals surface area contributed by atoms with Gasteiger partial charge >= 0.3 is 0 Å². The largest absolute Gasteiger partial charge is 0.507 e. The minimum Gasteiger partial charge on any atom is -0.507 e. The molecule has 0 radical (unpaired) electrons. The molecule has 0 saturated heterocycles. The van der Waals surface area contributed by atoms with Crippen LogP contribution in [-0.2, 0) is 0 Å². The van der Waals surface area contributed by atoms with E-state index in [1.54, 1.807) is 17.0 Å². The van der Waals surface area contributed by atoms with Crippen LogP contribution in [0.3, 0.4) is 0 Å². The minimum absolute atomic E-state index is 0.0135. The van der Waals surface area contributed by atoms with Crippen LogP contribution < -0.4 is 5.73 Å². The highest BCUT2D eigenvalue weighted by atomic mass is 127. The number of phenols is 1. The summed E-state index contributed by atoms with van der Waals surface area (Å²) < 4.78 is 0.865. The summed E-state index contributed by atoms with van der Waals surface area (Å²) in [6.07, 6.45) is 3.91. The first kappa shape index (κ1) is 15.9. The number of benzene rings is 1. The predicted octanol–water partition coefficient (Wildman–Crippen LogP) is 2.13. The molecule has 0 atom stereocenters. The molecule has 1 saturated carbocycles. The normalized spacial score (nSPS) is 16.1. The number of phenolic OH excluding ortho intramolecular Hbond substituents is 1. The molecule has 0 bridgehead atoms. The highest BCUT2D eigenvalue weighted by molar-refractivity contribution is 14.1. The Morgan fingerprint density at radius 1 is 1.43 bits per heavy atom. The van der Waals surface area contributed by atoms with Gasteiger partial charge in [0.05, 0.1) is 12.1 Å². The van der Waals surface area contributed by atoms with Crippen LogP contribution in [0.2, 0.25) is 0 Å². The molecule has 0 heterocycles. The average Bonchev–Trinajstić information content (AvgIpc) is 3.00. The van der Waals surface area contributed by atoms with Crippen LogP contribution in [0.15, 0.2) is 23.4 Å². The second-order valence-corrected chi connectivity index (χ2v) is 6.37. The van der Waals surface area contributed by atoms with Crippen LogP contribution in [0.1, 0.15) is 36.0 Å². The van der Waals surface area contributed by atoms with E-state index in [1.807, 2.05) is 0 Å². The average molecular weight is 403 g/mol. The van der Waals surface area contributed by atoms with Crippen molar-refractivity contribution in [2.45, 2.75) is 31.7 Å². The Bertz CT molecular complexity index is 556. The molecule has 0 aliphatic heterocycles. The lowest BCUT2D eigenvalue weighted by molar-refractivity contribution is 0.0709. The smallest absolute Gasteiger partial charge is 0.258 e. The van der Waals surface area contributed by atoms with Crippen molar-refractivity contribution in [2.24, 2.45) is 10.9 Å². The number of aromatic hydroxyl groups is 1. The summed E-state index contributed by atoms with van der Waals surface area (Å²) in [6.45, 7) is 0.0604. The van der Waals surface area contributed by atoms with E-state index in [1.165, 1.54) is 6.07 Å². The van der Waals surface area contributed by atoms with Crippen LogP contribution in [0.4, 0.5) is 0 Å². The predicted molar refractivity (Wildman–Crippen MR) is 87.5 cm³/mol. The van der Waals surface area contributed by atoms with Gasteiger partial charge in [-0.05, 0) is 53.6 Å². The summed E-state index contributed by atoms with van der Waals surface area (Å²) in [5, 5.41) is 21.6. The molecule has 4 N–H and O–H groups in total. The van der Waals surface area contributed by atoms with E-state index < -0.39 is 0 Å². The molecular formula is C14H18IN3O3. The third kappa shape index (κ3) is 3.78. The van der Waals surface area contributed by atoms with Crippen LogP contribution in [0.5, 0.6) is 5.75 Å². The van der Waals surface area contributed by atoms with Crippen LogP contribution in [0.25, 0.3) is 0 Å². The van der Waals surface area contributed by atoms with Crippen molar-refractivity contribution in [1.82, 2.24) is 4.90 Å². The molecular weight excluding hydrogens is 385 g/mol. The van der Waals surface area contributed by atoms with Gasteiger partial charge in [0.1, 0.15) is 5.75 Å². The number of oxime groups is 1. The van der Waals surface area contributed by atoms with Gasteiger partial charge in [0.15, 0.2) is 5.84 Å². The van der Waals surface area contributed by atoms with Gasteiger partial charge in [-0.25, -0.2) is 0 Å². The molecule has 21 heavy (non-hydrogen) atoms. The zero-order valence-corrected chi connectivity index (χ0v) is 13.7.